The average molecular weight is 337 g/mol. The van der Waals surface area contributed by atoms with Crippen LogP contribution < -0.4 is 0 Å². The summed E-state index contributed by atoms with van der Waals surface area (Å²) in [6.07, 6.45) is 0. The second-order valence-electron chi connectivity index (χ2n) is 5.45. The molecule has 0 bridgehead atoms. The summed E-state index contributed by atoms with van der Waals surface area (Å²) in [4.78, 5) is 2.66. The lowest BCUT2D eigenvalue weighted by atomic mass is 10.1. The van der Waals surface area contributed by atoms with Crippen molar-refractivity contribution in [1.29, 1.82) is 0 Å². The third kappa shape index (κ3) is 4.92. The Kier molecular flexibility index (Phi) is 5.84. The molecule has 0 aliphatic carbocycles. The van der Waals surface area contributed by atoms with E-state index < -0.39 is 0 Å². The van der Waals surface area contributed by atoms with Gasteiger partial charge in [0, 0.05) is 20.8 Å². The molecular formula is C21H20S2. The molecule has 0 saturated carbocycles. The van der Waals surface area contributed by atoms with Gasteiger partial charge in [0.1, 0.15) is 0 Å². The predicted octanol–water partition coefficient (Wildman–Crippen LogP) is 6.62. The van der Waals surface area contributed by atoms with E-state index in [0.29, 0.717) is 5.25 Å². The van der Waals surface area contributed by atoms with Crippen LogP contribution in [0.25, 0.3) is 0 Å². The number of thioether (sulfide) groups is 2. The molecule has 1 atom stereocenters. The van der Waals surface area contributed by atoms with Crippen molar-refractivity contribution < 1.29 is 0 Å². The Morgan fingerprint density at radius 2 is 1.26 bits per heavy atom. The Morgan fingerprint density at radius 1 is 0.696 bits per heavy atom. The Labute approximate surface area is 147 Å². The minimum atomic E-state index is 0.447. The predicted molar refractivity (Wildman–Crippen MR) is 103 cm³/mol. The Bertz CT molecular complexity index is 706. The summed E-state index contributed by atoms with van der Waals surface area (Å²) in [5, 5.41) is 0.447. The second kappa shape index (κ2) is 8.28. The van der Waals surface area contributed by atoms with Gasteiger partial charge in [-0.3, -0.25) is 0 Å². The van der Waals surface area contributed by atoms with Crippen LogP contribution in [0.3, 0.4) is 0 Å². The van der Waals surface area contributed by atoms with Gasteiger partial charge < -0.3 is 0 Å². The molecule has 0 radical (unpaired) electrons. The minimum Gasteiger partial charge on any atom is -0.125 e. The highest BCUT2D eigenvalue weighted by atomic mass is 32.2. The Morgan fingerprint density at radius 3 is 1.87 bits per heavy atom. The topological polar surface area (TPSA) is 0 Å². The lowest BCUT2D eigenvalue weighted by Crippen LogP contribution is -1.98. The van der Waals surface area contributed by atoms with Gasteiger partial charge in [0.2, 0.25) is 0 Å². The smallest absolute Gasteiger partial charge is 0.0438 e. The van der Waals surface area contributed by atoms with Gasteiger partial charge in [0.05, 0.1) is 0 Å². The molecule has 0 aliphatic heterocycles. The summed E-state index contributed by atoms with van der Waals surface area (Å²) in [6, 6.07) is 30.3. The first-order chi connectivity index (χ1) is 11.3. The van der Waals surface area contributed by atoms with Gasteiger partial charge in [-0.25, -0.2) is 0 Å². The highest BCUT2D eigenvalue weighted by Gasteiger charge is 2.14. The summed E-state index contributed by atoms with van der Waals surface area (Å²) in [5.74, 6) is 1.06. The van der Waals surface area contributed by atoms with Gasteiger partial charge in [-0.05, 0) is 36.8 Å². The summed E-state index contributed by atoms with van der Waals surface area (Å²) in [6.45, 7) is 2.14. The largest absolute Gasteiger partial charge is 0.125 e. The van der Waals surface area contributed by atoms with Crippen LogP contribution in [-0.4, -0.2) is 5.75 Å². The van der Waals surface area contributed by atoms with E-state index in [1.54, 1.807) is 0 Å². The molecule has 1 unspecified atom stereocenters. The molecule has 116 valence electrons. The van der Waals surface area contributed by atoms with Crippen LogP contribution in [0, 0.1) is 6.92 Å². The summed E-state index contributed by atoms with van der Waals surface area (Å²) in [5.41, 5.74) is 2.71. The molecule has 0 saturated heterocycles. The molecule has 23 heavy (non-hydrogen) atoms. The van der Waals surface area contributed by atoms with E-state index in [0.717, 1.165) is 5.75 Å². The molecule has 3 aromatic rings. The van der Waals surface area contributed by atoms with Crippen molar-refractivity contribution in [2.75, 3.05) is 5.75 Å². The monoisotopic (exact) mass is 336 g/mol. The number of aryl methyl sites for hydroxylation is 1. The molecular weight excluding hydrogens is 316 g/mol. The average Bonchev–Trinajstić information content (AvgIpc) is 2.61. The molecule has 0 nitrogen and oxygen atoms in total. The SMILES string of the molecule is Cc1ccc(C(CSc2ccccc2)Sc2ccccc2)cc1. The van der Waals surface area contributed by atoms with E-state index >= 15 is 0 Å². The normalized spacial score (nSPS) is 12.0. The quantitative estimate of drug-likeness (QED) is 0.464. The highest BCUT2D eigenvalue weighted by molar-refractivity contribution is 8.03. The fourth-order valence-corrected chi connectivity index (χ4v) is 4.63. The van der Waals surface area contributed by atoms with E-state index in [9.17, 15) is 0 Å². The van der Waals surface area contributed by atoms with Gasteiger partial charge in [0.25, 0.3) is 0 Å². The fraction of sp³-hybridized carbons (Fsp3) is 0.143. The van der Waals surface area contributed by atoms with Crippen molar-refractivity contribution in [2.45, 2.75) is 22.0 Å². The summed E-state index contributed by atoms with van der Waals surface area (Å²) >= 11 is 3.87. The molecule has 3 rings (SSSR count). The van der Waals surface area contributed by atoms with E-state index in [1.807, 2.05) is 23.5 Å². The van der Waals surface area contributed by atoms with E-state index in [1.165, 1.54) is 20.9 Å². The lowest BCUT2D eigenvalue weighted by Gasteiger charge is -2.17. The molecule has 0 N–H and O–H groups in total. The number of hydrogen-bond donors (Lipinski definition) is 0. The zero-order chi connectivity index (χ0) is 15.9. The van der Waals surface area contributed by atoms with E-state index in [-0.39, 0.29) is 0 Å². The van der Waals surface area contributed by atoms with Gasteiger partial charge >= 0.3 is 0 Å². The molecule has 0 aromatic heterocycles. The maximum Gasteiger partial charge on any atom is 0.0438 e. The van der Waals surface area contributed by atoms with Crippen molar-refractivity contribution in [2.24, 2.45) is 0 Å². The zero-order valence-electron chi connectivity index (χ0n) is 13.2. The van der Waals surface area contributed by atoms with E-state index in [2.05, 4.69) is 91.9 Å². The first-order valence-corrected chi connectivity index (χ1v) is 9.64. The van der Waals surface area contributed by atoms with Crippen LogP contribution in [0.5, 0.6) is 0 Å². The maximum absolute atomic E-state index is 2.27. The molecule has 0 spiro atoms. The summed E-state index contributed by atoms with van der Waals surface area (Å²) < 4.78 is 0. The van der Waals surface area contributed by atoms with Gasteiger partial charge in [0.15, 0.2) is 0 Å². The van der Waals surface area contributed by atoms with Crippen molar-refractivity contribution in [3.63, 3.8) is 0 Å². The van der Waals surface area contributed by atoms with Crippen LogP contribution in [-0.2, 0) is 0 Å². The highest BCUT2D eigenvalue weighted by Crippen LogP contribution is 2.39. The van der Waals surface area contributed by atoms with Crippen LogP contribution in [0.2, 0.25) is 0 Å². The molecule has 2 heteroatoms. The third-order valence-electron chi connectivity index (χ3n) is 3.62. The van der Waals surface area contributed by atoms with Crippen LogP contribution in [0.4, 0.5) is 0 Å². The van der Waals surface area contributed by atoms with Crippen LogP contribution in [0.1, 0.15) is 16.4 Å². The van der Waals surface area contributed by atoms with Gasteiger partial charge in [-0.15, -0.1) is 23.5 Å². The molecule has 3 aromatic carbocycles. The number of hydrogen-bond acceptors (Lipinski definition) is 2. The maximum atomic E-state index is 2.27. The standard InChI is InChI=1S/C21H20S2/c1-17-12-14-18(15-13-17)21(23-20-10-6-3-7-11-20)16-22-19-8-4-2-5-9-19/h2-15,21H,16H2,1H3. The summed E-state index contributed by atoms with van der Waals surface area (Å²) in [7, 11) is 0. The number of rotatable bonds is 6. The van der Waals surface area contributed by atoms with Crippen molar-refractivity contribution in [3.8, 4) is 0 Å². The fourth-order valence-electron chi connectivity index (χ4n) is 2.33. The van der Waals surface area contributed by atoms with Crippen LogP contribution in [0.15, 0.2) is 94.7 Å². The first-order valence-electron chi connectivity index (χ1n) is 7.77. The van der Waals surface area contributed by atoms with Crippen molar-refractivity contribution in [3.05, 3.63) is 96.1 Å². The Balaban J connectivity index is 1.76. The lowest BCUT2D eigenvalue weighted by molar-refractivity contribution is 1.11. The van der Waals surface area contributed by atoms with E-state index in [4.69, 9.17) is 0 Å². The van der Waals surface area contributed by atoms with Gasteiger partial charge in [-0.2, -0.15) is 0 Å². The Hall–Kier alpha value is -1.64. The molecule has 0 aliphatic rings. The first kappa shape index (κ1) is 16.2. The third-order valence-corrected chi connectivity index (χ3v) is 6.20. The van der Waals surface area contributed by atoms with Crippen molar-refractivity contribution in [1.82, 2.24) is 0 Å². The molecule has 0 fully saturated rings. The minimum absolute atomic E-state index is 0.447. The molecule has 0 amide bonds. The van der Waals surface area contributed by atoms with Crippen LogP contribution >= 0.6 is 23.5 Å². The van der Waals surface area contributed by atoms with Gasteiger partial charge in [-0.1, -0.05) is 66.2 Å². The van der Waals surface area contributed by atoms with Crippen molar-refractivity contribution >= 4 is 23.5 Å². The number of benzene rings is 3. The molecule has 0 heterocycles. The second-order valence-corrected chi connectivity index (χ2v) is 7.82. The zero-order valence-corrected chi connectivity index (χ0v) is 14.8.